The summed E-state index contributed by atoms with van der Waals surface area (Å²) >= 11 is 0. The van der Waals surface area contributed by atoms with Crippen molar-refractivity contribution in [2.75, 3.05) is 11.9 Å². The maximum atomic E-state index is 13.1. The normalized spacial score (nSPS) is 26.4. The summed E-state index contributed by atoms with van der Waals surface area (Å²) in [5.74, 6) is 0.0650. The number of amides is 2. The zero-order chi connectivity index (χ0) is 17.7. The van der Waals surface area contributed by atoms with E-state index in [0.717, 1.165) is 27.6 Å². The van der Waals surface area contributed by atoms with Gasteiger partial charge in [-0.1, -0.05) is 12.1 Å². The molecule has 2 amide bonds. The van der Waals surface area contributed by atoms with Crippen LogP contribution in [0.15, 0.2) is 24.3 Å². The lowest BCUT2D eigenvalue weighted by Crippen LogP contribution is -2.48. The summed E-state index contributed by atoms with van der Waals surface area (Å²) in [6, 6.07) is 8.11. The number of fused-ring (bicyclic) bond motifs is 4. The Morgan fingerprint density at radius 1 is 1.24 bits per heavy atom. The summed E-state index contributed by atoms with van der Waals surface area (Å²) in [4.78, 5) is 29.3. The van der Waals surface area contributed by atoms with Crippen molar-refractivity contribution in [3.05, 3.63) is 41.0 Å². The minimum atomic E-state index is -0.501. The highest BCUT2D eigenvalue weighted by molar-refractivity contribution is 6.26. The predicted molar refractivity (Wildman–Crippen MR) is 94.5 cm³/mol. The van der Waals surface area contributed by atoms with E-state index in [4.69, 9.17) is 4.74 Å². The summed E-state index contributed by atoms with van der Waals surface area (Å²) < 4.78 is 6.18. The molecule has 1 fully saturated rings. The van der Waals surface area contributed by atoms with Gasteiger partial charge in [0.1, 0.15) is 0 Å². The molecule has 128 valence electrons. The summed E-state index contributed by atoms with van der Waals surface area (Å²) in [5.41, 5.74) is 3.02. The van der Waals surface area contributed by atoms with E-state index < -0.39 is 11.8 Å². The van der Waals surface area contributed by atoms with E-state index in [1.807, 2.05) is 43.9 Å². The molecule has 0 unspecified atom stereocenters. The van der Waals surface area contributed by atoms with Crippen LogP contribution in [0.4, 0.5) is 5.69 Å². The largest absolute Gasteiger partial charge is 0.350 e. The van der Waals surface area contributed by atoms with Crippen molar-refractivity contribution in [2.24, 2.45) is 0 Å². The number of anilines is 1. The average molecular weight is 336 g/mol. The van der Waals surface area contributed by atoms with E-state index in [0.29, 0.717) is 12.0 Å². The third kappa shape index (κ3) is 1.62. The molecule has 5 nitrogen and oxygen atoms in total. The van der Waals surface area contributed by atoms with Gasteiger partial charge < -0.3 is 14.5 Å². The molecule has 0 bridgehead atoms. The van der Waals surface area contributed by atoms with Crippen LogP contribution in [0.2, 0.25) is 0 Å². The lowest BCUT2D eigenvalue weighted by Gasteiger charge is -2.41. The maximum Gasteiger partial charge on any atom is 0.259 e. The Kier molecular flexibility index (Phi) is 2.63. The van der Waals surface area contributed by atoms with Crippen LogP contribution < -0.4 is 4.90 Å². The van der Waals surface area contributed by atoms with Crippen molar-refractivity contribution in [1.29, 1.82) is 0 Å². The minimum Gasteiger partial charge on any atom is -0.350 e. The second kappa shape index (κ2) is 4.41. The quantitative estimate of drug-likeness (QED) is 0.741. The number of rotatable bonds is 0. The third-order valence-electron chi connectivity index (χ3n) is 5.90. The molecule has 0 spiro atoms. The van der Waals surface area contributed by atoms with Gasteiger partial charge in [-0.25, -0.2) is 0 Å². The van der Waals surface area contributed by atoms with Crippen molar-refractivity contribution in [3.8, 4) is 0 Å². The Balaban J connectivity index is 1.89. The molecular formula is C20H20N2O3. The maximum absolute atomic E-state index is 13.1. The predicted octanol–water partition coefficient (Wildman–Crippen LogP) is 3.31. The van der Waals surface area contributed by atoms with Crippen LogP contribution in [0.3, 0.4) is 0 Å². The molecule has 1 saturated heterocycles. The van der Waals surface area contributed by atoms with E-state index in [1.54, 1.807) is 11.9 Å². The highest BCUT2D eigenvalue weighted by atomic mass is 16.5. The Labute approximate surface area is 146 Å². The molecule has 5 rings (SSSR count). The van der Waals surface area contributed by atoms with Crippen LogP contribution in [0.5, 0.6) is 0 Å². The first-order valence-corrected chi connectivity index (χ1v) is 8.68. The Bertz CT molecular complexity index is 979. The molecular weight excluding hydrogens is 316 g/mol. The van der Waals surface area contributed by atoms with Gasteiger partial charge in [-0.05, 0) is 43.9 Å². The van der Waals surface area contributed by atoms with Crippen LogP contribution in [-0.2, 0) is 15.1 Å². The van der Waals surface area contributed by atoms with E-state index >= 15 is 0 Å². The van der Waals surface area contributed by atoms with Crippen LogP contribution in [0, 0.1) is 0 Å². The zero-order valence-electron chi connectivity index (χ0n) is 14.8. The van der Waals surface area contributed by atoms with E-state index in [-0.39, 0.29) is 17.9 Å². The zero-order valence-corrected chi connectivity index (χ0v) is 14.8. The van der Waals surface area contributed by atoms with Gasteiger partial charge in [-0.3, -0.25) is 9.59 Å². The molecule has 3 heterocycles. The van der Waals surface area contributed by atoms with Gasteiger partial charge in [0.05, 0.1) is 29.3 Å². The fourth-order valence-electron chi connectivity index (χ4n) is 4.73. The molecule has 2 aromatic carbocycles. The number of carbonyl (C=O) groups is 2. The molecule has 0 aliphatic carbocycles. The first-order valence-electron chi connectivity index (χ1n) is 8.68. The van der Waals surface area contributed by atoms with Crippen LogP contribution >= 0.6 is 0 Å². The van der Waals surface area contributed by atoms with Gasteiger partial charge in [-0.2, -0.15) is 0 Å². The molecule has 3 aliphatic rings. The molecule has 2 atom stereocenters. The lowest BCUT2D eigenvalue weighted by atomic mass is 9.88. The van der Waals surface area contributed by atoms with Crippen LogP contribution in [0.25, 0.3) is 10.8 Å². The number of ether oxygens (including phenoxy) is 1. The highest BCUT2D eigenvalue weighted by Gasteiger charge is 2.53. The Morgan fingerprint density at radius 3 is 2.76 bits per heavy atom. The molecule has 2 aromatic rings. The van der Waals surface area contributed by atoms with Gasteiger partial charge in [0.15, 0.2) is 6.23 Å². The minimum absolute atomic E-state index is 0.0185. The van der Waals surface area contributed by atoms with Gasteiger partial charge in [0.25, 0.3) is 5.91 Å². The van der Waals surface area contributed by atoms with Crippen molar-refractivity contribution in [1.82, 2.24) is 4.90 Å². The fourth-order valence-corrected chi connectivity index (χ4v) is 4.73. The third-order valence-corrected chi connectivity index (χ3v) is 5.90. The molecule has 0 aromatic heterocycles. The van der Waals surface area contributed by atoms with Gasteiger partial charge in [0.2, 0.25) is 5.91 Å². The number of benzene rings is 2. The number of nitrogens with zero attached hydrogens (tertiary/aromatic N) is 2. The topological polar surface area (TPSA) is 49.9 Å². The van der Waals surface area contributed by atoms with E-state index in [9.17, 15) is 9.59 Å². The summed E-state index contributed by atoms with van der Waals surface area (Å²) in [7, 11) is 1.80. The van der Waals surface area contributed by atoms with E-state index in [2.05, 4.69) is 6.07 Å². The first-order chi connectivity index (χ1) is 11.8. The second-order valence-corrected chi connectivity index (χ2v) is 7.78. The van der Waals surface area contributed by atoms with Crippen molar-refractivity contribution >= 4 is 28.3 Å². The molecule has 25 heavy (non-hydrogen) atoms. The number of carbonyl (C=O) groups excluding carboxylic acids is 2. The highest BCUT2D eigenvalue weighted by Crippen LogP contribution is 2.54. The van der Waals surface area contributed by atoms with Crippen molar-refractivity contribution in [2.45, 2.75) is 45.1 Å². The molecule has 0 N–H and O–H groups in total. The van der Waals surface area contributed by atoms with Gasteiger partial charge in [-0.15, -0.1) is 0 Å². The fraction of sp³-hybridized carbons (Fsp3) is 0.400. The van der Waals surface area contributed by atoms with Gasteiger partial charge in [0, 0.05) is 18.0 Å². The van der Waals surface area contributed by atoms with Gasteiger partial charge >= 0.3 is 0 Å². The molecule has 3 aliphatic heterocycles. The average Bonchev–Trinajstić information content (AvgIpc) is 2.93. The van der Waals surface area contributed by atoms with Crippen molar-refractivity contribution < 1.29 is 14.3 Å². The monoisotopic (exact) mass is 336 g/mol. The molecule has 0 radical (unpaired) electrons. The van der Waals surface area contributed by atoms with Crippen LogP contribution in [0.1, 0.15) is 54.9 Å². The lowest BCUT2D eigenvalue weighted by molar-refractivity contribution is -0.183. The summed E-state index contributed by atoms with van der Waals surface area (Å²) in [6.45, 7) is 5.99. The first kappa shape index (κ1) is 14.9. The standard InChI is InChI=1S/C20H20N2O3/c1-10-8-14(23)22-19(25-10)16-12(20(22,2)3)9-11-6-5-7-13-15(11)17(16)18(24)21(13)4/h5-7,9-10,19H,8H2,1-4H3/t10-,19+/m0/s1. The molecule has 5 heteroatoms. The second-order valence-electron chi connectivity index (χ2n) is 7.78. The Morgan fingerprint density at radius 2 is 2.00 bits per heavy atom. The summed E-state index contributed by atoms with van der Waals surface area (Å²) in [5, 5.41) is 2.01. The summed E-state index contributed by atoms with van der Waals surface area (Å²) in [6.07, 6.45) is -0.256. The Hall–Kier alpha value is -2.40. The SMILES string of the molecule is C[C@H]1CC(=O)N2[C@H](O1)c1c(cc3cccc4c3c1C(=O)N4C)C2(C)C. The van der Waals surface area contributed by atoms with Crippen molar-refractivity contribution in [3.63, 3.8) is 0 Å². The number of hydrogen-bond acceptors (Lipinski definition) is 3. The number of hydrogen-bond donors (Lipinski definition) is 0. The van der Waals surface area contributed by atoms with E-state index in [1.165, 1.54) is 0 Å². The molecule has 0 saturated carbocycles. The smallest absolute Gasteiger partial charge is 0.259 e. The van der Waals surface area contributed by atoms with Crippen LogP contribution in [-0.4, -0.2) is 29.9 Å².